The Morgan fingerprint density at radius 3 is 2.88 bits per heavy atom. The van der Waals surface area contributed by atoms with E-state index in [1.807, 2.05) is 12.1 Å². The lowest BCUT2D eigenvalue weighted by Crippen LogP contribution is -2.20. The van der Waals surface area contributed by atoms with E-state index >= 15 is 0 Å². The lowest BCUT2D eigenvalue weighted by Gasteiger charge is -2.22. The molecule has 0 spiro atoms. The standard InChI is InChI=1S/C14H17N3/c15-7-13-3-4-14(9-17-13)16-8-12-6-10-1-2-11(12)5-10/h3-4,9-12,16H,1-2,5-6,8H2. The average molecular weight is 227 g/mol. The van der Waals surface area contributed by atoms with E-state index in [9.17, 15) is 0 Å². The molecule has 0 aromatic carbocycles. The number of anilines is 1. The number of hydrogen-bond acceptors (Lipinski definition) is 3. The quantitative estimate of drug-likeness (QED) is 0.863. The summed E-state index contributed by atoms with van der Waals surface area (Å²) in [4.78, 5) is 4.07. The van der Waals surface area contributed by atoms with Crippen LogP contribution in [-0.4, -0.2) is 11.5 Å². The number of aromatic nitrogens is 1. The first kappa shape index (κ1) is 10.6. The molecule has 0 aliphatic heterocycles. The lowest BCUT2D eigenvalue weighted by atomic mass is 9.89. The Bertz CT molecular complexity index is 432. The molecule has 2 aliphatic carbocycles. The van der Waals surface area contributed by atoms with Crippen molar-refractivity contribution in [3.63, 3.8) is 0 Å². The van der Waals surface area contributed by atoms with Crippen LogP contribution < -0.4 is 5.32 Å². The number of nitrogens with zero attached hydrogens (tertiary/aromatic N) is 2. The van der Waals surface area contributed by atoms with Crippen LogP contribution in [0.4, 0.5) is 5.69 Å². The molecule has 1 aromatic heterocycles. The molecule has 3 atom stereocenters. The Kier molecular flexibility index (Phi) is 2.72. The van der Waals surface area contributed by atoms with Crippen LogP contribution in [0, 0.1) is 29.1 Å². The average Bonchev–Trinajstić information content (AvgIpc) is 2.99. The first-order valence-electron chi connectivity index (χ1n) is 6.45. The van der Waals surface area contributed by atoms with Crippen LogP contribution in [-0.2, 0) is 0 Å². The summed E-state index contributed by atoms with van der Waals surface area (Å²) in [6, 6.07) is 5.74. The minimum Gasteiger partial charge on any atom is -0.384 e. The van der Waals surface area contributed by atoms with Gasteiger partial charge in [-0.2, -0.15) is 5.26 Å². The van der Waals surface area contributed by atoms with E-state index in [1.54, 1.807) is 12.3 Å². The Balaban J connectivity index is 1.55. The van der Waals surface area contributed by atoms with Gasteiger partial charge in [0.25, 0.3) is 0 Å². The minimum absolute atomic E-state index is 0.482. The zero-order chi connectivity index (χ0) is 11.7. The molecule has 2 fully saturated rings. The molecule has 17 heavy (non-hydrogen) atoms. The number of hydrogen-bond donors (Lipinski definition) is 1. The van der Waals surface area contributed by atoms with Crippen molar-refractivity contribution in [3.8, 4) is 6.07 Å². The number of nitrogens with one attached hydrogen (secondary N) is 1. The van der Waals surface area contributed by atoms with Crippen LogP contribution in [0.5, 0.6) is 0 Å². The van der Waals surface area contributed by atoms with Gasteiger partial charge < -0.3 is 5.32 Å². The van der Waals surface area contributed by atoms with Crippen molar-refractivity contribution in [2.75, 3.05) is 11.9 Å². The van der Waals surface area contributed by atoms with Crippen molar-refractivity contribution >= 4 is 5.69 Å². The third-order valence-corrected chi connectivity index (χ3v) is 4.33. The van der Waals surface area contributed by atoms with E-state index in [4.69, 9.17) is 5.26 Å². The second-order valence-corrected chi connectivity index (χ2v) is 5.36. The van der Waals surface area contributed by atoms with Gasteiger partial charge >= 0.3 is 0 Å². The van der Waals surface area contributed by atoms with Crippen LogP contribution in [0.25, 0.3) is 0 Å². The molecule has 3 rings (SSSR count). The van der Waals surface area contributed by atoms with E-state index in [0.29, 0.717) is 5.69 Å². The molecule has 0 saturated heterocycles. The van der Waals surface area contributed by atoms with Crippen LogP contribution in [0.2, 0.25) is 0 Å². The van der Waals surface area contributed by atoms with Crippen LogP contribution in [0.3, 0.4) is 0 Å². The third-order valence-electron chi connectivity index (χ3n) is 4.33. The van der Waals surface area contributed by atoms with E-state index in [-0.39, 0.29) is 0 Å². The Hall–Kier alpha value is -1.56. The smallest absolute Gasteiger partial charge is 0.140 e. The first-order chi connectivity index (χ1) is 8.35. The summed E-state index contributed by atoms with van der Waals surface area (Å²) >= 11 is 0. The second kappa shape index (κ2) is 4.37. The van der Waals surface area contributed by atoms with Gasteiger partial charge in [-0.15, -0.1) is 0 Å². The van der Waals surface area contributed by atoms with Gasteiger partial charge in [0.2, 0.25) is 0 Å². The SMILES string of the molecule is N#Cc1ccc(NCC2CC3CCC2C3)cn1. The minimum atomic E-state index is 0.482. The fourth-order valence-corrected chi connectivity index (χ4v) is 3.44. The fraction of sp³-hybridized carbons (Fsp3) is 0.571. The molecule has 1 aromatic rings. The van der Waals surface area contributed by atoms with Gasteiger partial charge in [0.1, 0.15) is 11.8 Å². The molecule has 2 aliphatic rings. The summed E-state index contributed by atoms with van der Waals surface area (Å²) < 4.78 is 0. The highest BCUT2D eigenvalue weighted by atomic mass is 14.9. The van der Waals surface area contributed by atoms with Gasteiger partial charge in [0, 0.05) is 6.54 Å². The number of rotatable bonds is 3. The number of pyridine rings is 1. The summed E-state index contributed by atoms with van der Waals surface area (Å²) in [7, 11) is 0. The third kappa shape index (κ3) is 2.12. The van der Waals surface area contributed by atoms with Gasteiger partial charge in [-0.05, 0) is 49.1 Å². The second-order valence-electron chi connectivity index (χ2n) is 5.36. The molecule has 3 heteroatoms. The maximum Gasteiger partial charge on any atom is 0.140 e. The lowest BCUT2D eigenvalue weighted by molar-refractivity contribution is 0.348. The van der Waals surface area contributed by atoms with Crippen molar-refractivity contribution in [2.45, 2.75) is 25.7 Å². The summed E-state index contributed by atoms with van der Waals surface area (Å²) in [5, 5.41) is 12.1. The molecule has 0 amide bonds. The predicted molar refractivity (Wildman–Crippen MR) is 66.4 cm³/mol. The normalized spacial score (nSPS) is 30.2. The predicted octanol–water partition coefficient (Wildman–Crippen LogP) is 2.80. The van der Waals surface area contributed by atoms with Crippen molar-refractivity contribution in [1.29, 1.82) is 5.26 Å². The highest BCUT2D eigenvalue weighted by molar-refractivity contribution is 5.42. The highest BCUT2D eigenvalue weighted by Crippen LogP contribution is 2.48. The van der Waals surface area contributed by atoms with E-state index < -0.39 is 0 Å². The molecular formula is C14H17N3. The first-order valence-corrected chi connectivity index (χ1v) is 6.45. The molecule has 1 N–H and O–H groups in total. The van der Waals surface area contributed by atoms with Crippen molar-refractivity contribution in [3.05, 3.63) is 24.0 Å². The zero-order valence-electron chi connectivity index (χ0n) is 9.89. The molecule has 3 unspecified atom stereocenters. The topological polar surface area (TPSA) is 48.7 Å². The Morgan fingerprint density at radius 1 is 1.35 bits per heavy atom. The van der Waals surface area contributed by atoms with Crippen molar-refractivity contribution < 1.29 is 0 Å². The van der Waals surface area contributed by atoms with Crippen molar-refractivity contribution in [2.24, 2.45) is 17.8 Å². The maximum atomic E-state index is 8.67. The fourth-order valence-electron chi connectivity index (χ4n) is 3.44. The molecule has 2 saturated carbocycles. The summed E-state index contributed by atoms with van der Waals surface area (Å²) in [6.45, 7) is 1.06. The summed E-state index contributed by atoms with van der Waals surface area (Å²) in [5.41, 5.74) is 1.52. The molecule has 3 nitrogen and oxygen atoms in total. The molecule has 0 radical (unpaired) electrons. The van der Waals surface area contributed by atoms with Crippen molar-refractivity contribution in [1.82, 2.24) is 4.98 Å². The zero-order valence-corrected chi connectivity index (χ0v) is 9.89. The maximum absolute atomic E-state index is 8.67. The summed E-state index contributed by atoms with van der Waals surface area (Å²) in [5.74, 6) is 2.81. The number of nitriles is 1. The van der Waals surface area contributed by atoms with E-state index in [2.05, 4.69) is 10.3 Å². The van der Waals surface area contributed by atoms with E-state index in [0.717, 1.165) is 30.0 Å². The highest BCUT2D eigenvalue weighted by Gasteiger charge is 2.38. The van der Waals surface area contributed by atoms with Gasteiger partial charge in [-0.1, -0.05) is 6.42 Å². The molecule has 2 bridgehead atoms. The largest absolute Gasteiger partial charge is 0.384 e. The Morgan fingerprint density at radius 2 is 2.29 bits per heavy atom. The monoisotopic (exact) mass is 227 g/mol. The van der Waals surface area contributed by atoms with Crippen LogP contribution in [0.1, 0.15) is 31.4 Å². The molecule has 1 heterocycles. The van der Waals surface area contributed by atoms with Crippen LogP contribution >= 0.6 is 0 Å². The Labute approximate surface area is 102 Å². The van der Waals surface area contributed by atoms with Gasteiger partial charge in [0.05, 0.1) is 11.9 Å². The number of fused-ring (bicyclic) bond motifs is 2. The van der Waals surface area contributed by atoms with Gasteiger partial charge in [-0.25, -0.2) is 4.98 Å². The molecule has 88 valence electrons. The molecular weight excluding hydrogens is 210 g/mol. The van der Waals surface area contributed by atoms with Crippen LogP contribution in [0.15, 0.2) is 18.3 Å². The van der Waals surface area contributed by atoms with E-state index in [1.165, 1.54) is 25.7 Å². The van der Waals surface area contributed by atoms with Gasteiger partial charge in [0.15, 0.2) is 0 Å². The summed E-state index contributed by atoms with van der Waals surface area (Å²) in [6.07, 6.45) is 7.51. The van der Waals surface area contributed by atoms with Gasteiger partial charge in [-0.3, -0.25) is 0 Å².